The Labute approximate surface area is 158 Å². The molecule has 11 heteroatoms. The third kappa shape index (κ3) is 3.25. The van der Waals surface area contributed by atoms with Crippen LogP contribution < -0.4 is 5.32 Å². The molecule has 1 fully saturated rings. The molecule has 1 amide bonds. The first kappa shape index (κ1) is 17.9. The Kier molecular flexibility index (Phi) is 4.85. The molecule has 3 heterocycles. The molecule has 3 aromatic rings. The maximum Gasteiger partial charge on any atom is 0.256 e. The molecule has 3 atom stereocenters. The fourth-order valence-electron chi connectivity index (χ4n) is 3.16. The minimum atomic E-state index is -0.600. The van der Waals surface area contributed by atoms with Crippen molar-refractivity contribution in [3.05, 3.63) is 59.0 Å². The van der Waals surface area contributed by atoms with Crippen molar-refractivity contribution >= 4 is 22.9 Å². The Bertz CT molecular complexity index is 1050. The zero-order chi connectivity index (χ0) is 19.5. The molecule has 1 aliphatic rings. The van der Waals surface area contributed by atoms with Crippen molar-refractivity contribution in [3.8, 4) is 0 Å². The Morgan fingerprint density at radius 3 is 2.93 bits per heavy atom. The Hall–Kier alpha value is -3.53. The summed E-state index contributed by atoms with van der Waals surface area (Å²) in [4.78, 5) is 27.9. The predicted octanol–water partition coefficient (Wildman–Crippen LogP) is 2.04. The summed E-state index contributed by atoms with van der Waals surface area (Å²) in [6.45, 7) is -0.264. The van der Waals surface area contributed by atoms with Gasteiger partial charge < -0.3 is 15.2 Å². The Balaban J connectivity index is 1.62. The number of ether oxygens (including phenoxy) is 1. The topological polar surface area (TPSA) is 151 Å². The van der Waals surface area contributed by atoms with E-state index >= 15 is 0 Å². The molecule has 28 heavy (non-hydrogen) atoms. The molecule has 0 aliphatic carbocycles. The lowest BCUT2D eigenvalue weighted by Gasteiger charge is -2.14. The fraction of sp³-hybridized carbons (Fsp3) is 0.294. The Morgan fingerprint density at radius 2 is 2.18 bits per heavy atom. The lowest BCUT2D eigenvalue weighted by molar-refractivity contribution is -0.0233. The van der Waals surface area contributed by atoms with E-state index in [9.17, 15) is 9.90 Å². The van der Waals surface area contributed by atoms with Crippen LogP contribution in [0.3, 0.4) is 0 Å². The van der Waals surface area contributed by atoms with E-state index in [1.807, 2.05) is 6.07 Å². The number of imidazole rings is 1. The maximum atomic E-state index is 12.4. The molecule has 142 valence electrons. The SMILES string of the molecule is [N-]=[N+]=N[C@H]1C[C@H](n2cnc3c(NC(=O)c4ccccc4)ncnc32)O[C@@H]1CO. The van der Waals surface area contributed by atoms with Gasteiger partial charge in [0.05, 0.1) is 25.1 Å². The molecule has 0 saturated carbocycles. The predicted molar refractivity (Wildman–Crippen MR) is 98.3 cm³/mol. The van der Waals surface area contributed by atoms with Crippen LogP contribution in [0.25, 0.3) is 21.6 Å². The van der Waals surface area contributed by atoms with E-state index in [4.69, 9.17) is 10.3 Å². The summed E-state index contributed by atoms with van der Waals surface area (Å²) in [6, 6.07) is 8.28. The van der Waals surface area contributed by atoms with Gasteiger partial charge in [-0.15, -0.1) is 0 Å². The first-order valence-corrected chi connectivity index (χ1v) is 8.55. The van der Waals surface area contributed by atoms with Crippen LogP contribution in [0.15, 0.2) is 48.1 Å². The van der Waals surface area contributed by atoms with Crippen molar-refractivity contribution in [3.63, 3.8) is 0 Å². The number of aliphatic hydroxyl groups excluding tert-OH is 1. The summed E-state index contributed by atoms with van der Waals surface area (Å²) >= 11 is 0. The zero-order valence-electron chi connectivity index (χ0n) is 14.6. The van der Waals surface area contributed by atoms with Gasteiger partial charge in [-0.1, -0.05) is 23.3 Å². The van der Waals surface area contributed by atoms with Crippen LogP contribution >= 0.6 is 0 Å². The summed E-state index contributed by atoms with van der Waals surface area (Å²) in [5.41, 5.74) is 10.0. The van der Waals surface area contributed by atoms with Crippen molar-refractivity contribution in [2.75, 3.05) is 11.9 Å². The average Bonchev–Trinajstić information content (AvgIpc) is 3.33. The van der Waals surface area contributed by atoms with Crippen molar-refractivity contribution < 1.29 is 14.6 Å². The molecular weight excluding hydrogens is 364 g/mol. The van der Waals surface area contributed by atoms with E-state index in [0.29, 0.717) is 23.1 Å². The lowest BCUT2D eigenvalue weighted by atomic mass is 10.1. The number of nitrogens with one attached hydrogen (secondary N) is 1. The number of carbonyl (C=O) groups excluding carboxylic acids is 1. The van der Waals surface area contributed by atoms with Gasteiger partial charge in [-0.05, 0) is 17.7 Å². The number of carbonyl (C=O) groups is 1. The molecular formula is C17H16N8O3. The van der Waals surface area contributed by atoms with Crippen LogP contribution in [0.5, 0.6) is 0 Å². The van der Waals surface area contributed by atoms with Gasteiger partial charge in [0, 0.05) is 16.9 Å². The van der Waals surface area contributed by atoms with E-state index in [-0.39, 0.29) is 18.3 Å². The van der Waals surface area contributed by atoms with Crippen LogP contribution in [0.1, 0.15) is 23.0 Å². The van der Waals surface area contributed by atoms with Gasteiger partial charge in [0.2, 0.25) is 0 Å². The second-order valence-electron chi connectivity index (χ2n) is 6.19. The van der Waals surface area contributed by atoms with Crippen molar-refractivity contribution in [1.82, 2.24) is 19.5 Å². The molecule has 11 nitrogen and oxygen atoms in total. The first-order valence-electron chi connectivity index (χ1n) is 8.55. The average molecular weight is 380 g/mol. The lowest BCUT2D eigenvalue weighted by Crippen LogP contribution is -2.22. The van der Waals surface area contributed by atoms with Crippen LogP contribution in [0.2, 0.25) is 0 Å². The third-order valence-electron chi connectivity index (χ3n) is 4.52. The minimum Gasteiger partial charge on any atom is -0.394 e. The number of aliphatic hydroxyl groups is 1. The summed E-state index contributed by atoms with van der Waals surface area (Å²) in [5, 5.41) is 15.9. The van der Waals surface area contributed by atoms with Crippen molar-refractivity contribution in [2.45, 2.75) is 24.8 Å². The number of rotatable bonds is 5. The van der Waals surface area contributed by atoms with Crippen molar-refractivity contribution in [2.24, 2.45) is 5.11 Å². The van der Waals surface area contributed by atoms with E-state index in [2.05, 4.69) is 30.3 Å². The van der Waals surface area contributed by atoms with Crippen LogP contribution in [-0.4, -0.2) is 49.3 Å². The third-order valence-corrected chi connectivity index (χ3v) is 4.52. The van der Waals surface area contributed by atoms with E-state index in [1.54, 1.807) is 28.8 Å². The number of hydrogen-bond acceptors (Lipinski definition) is 7. The van der Waals surface area contributed by atoms with Gasteiger partial charge in [-0.25, -0.2) is 15.0 Å². The van der Waals surface area contributed by atoms with Crippen LogP contribution in [-0.2, 0) is 4.74 Å². The van der Waals surface area contributed by atoms with Gasteiger partial charge in [-0.3, -0.25) is 9.36 Å². The molecule has 4 rings (SSSR count). The molecule has 0 unspecified atom stereocenters. The molecule has 2 N–H and O–H groups in total. The molecule has 1 saturated heterocycles. The van der Waals surface area contributed by atoms with Crippen LogP contribution in [0, 0.1) is 0 Å². The molecule has 0 radical (unpaired) electrons. The second kappa shape index (κ2) is 7.61. The number of anilines is 1. The monoisotopic (exact) mass is 380 g/mol. The van der Waals surface area contributed by atoms with Crippen LogP contribution in [0.4, 0.5) is 5.82 Å². The highest BCUT2D eigenvalue weighted by Crippen LogP contribution is 2.33. The minimum absolute atomic E-state index is 0.264. The highest BCUT2D eigenvalue weighted by Gasteiger charge is 2.36. The summed E-state index contributed by atoms with van der Waals surface area (Å²) < 4.78 is 7.45. The Morgan fingerprint density at radius 1 is 1.36 bits per heavy atom. The number of fused-ring (bicyclic) bond motifs is 1. The summed E-state index contributed by atoms with van der Waals surface area (Å²) in [5.74, 6) is -0.0306. The van der Waals surface area contributed by atoms with Crippen molar-refractivity contribution in [1.29, 1.82) is 0 Å². The summed E-state index contributed by atoms with van der Waals surface area (Å²) in [7, 11) is 0. The number of nitrogens with zero attached hydrogens (tertiary/aromatic N) is 7. The van der Waals surface area contributed by atoms with Gasteiger partial charge >= 0.3 is 0 Å². The van der Waals surface area contributed by atoms with Gasteiger partial charge in [-0.2, -0.15) is 0 Å². The maximum absolute atomic E-state index is 12.4. The number of azide groups is 1. The number of aromatic nitrogens is 4. The van der Waals surface area contributed by atoms with E-state index in [0.717, 1.165) is 0 Å². The smallest absolute Gasteiger partial charge is 0.256 e. The van der Waals surface area contributed by atoms with Gasteiger partial charge in [0.1, 0.15) is 12.6 Å². The second-order valence-corrected chi connectivity index (χ2v) is 6.19. The number of amides is 1. The highest BCUT2D eigenvalue weighted by molar-refractivity contribution is 6.06. The molecule has 2 aromatic heterocycles. The quantitative estimate of drug-likeness (QED) is 0.393. The zero-order valence-corrected chi connectivity index (χ0v) is 14.6. The fourth-order valence-corrected chi connectivity index (χ4v) is 3.16. The largest absolute Gasteiger partial charge is 0.394 e. The molecule has 1 aliphatic heterocycles. The number of benzene rings is 1. The van der Waals surface area contributed by atoms with Gasteiger partial charge in [0.15, 0.2) is 17.0 Å². The van der Waals surface area contributed by atoms with E-state index < -0.39 is 18.4 Å². The number of hydrogen-bond donors (Lipinski definition) is 2. The molecule has 0 spiro atoms. The summed E-state index contributed by atoms with van der Waals surface area (Å²) in [6.07, 6.45) is 2.11. The molecule has 1 aromatic carbocycles. The highest BCUT2D eigenvalue weighted by atomic mass is 16.5. The standard InChI is InChI=1S/C17H16N8O3/c18-24-23-11-6-13(28-12(11)7-26)25-9-21-14-15(19-8-20-16(14)25)22-17(27)10-4-2-1-3-5-10/h1-5,8-9,11-13,26H,6-7H2,(H,19,20,22,27)/t11-,12+,13+/m0/s1. The van der Waals surface area contributed by atoms with E-state index in [1.165, 1.54) is 12.7 Å². The molecule has 0 bridgehead atoms. The normalized spacial score (nSPS) is 21.4. The van der Waals surface area contributed by atoms with Gasteiger partial charge in [0.25, 0.3) is 5.91 Å². The first-order chi connectivity index (χ1) is 13.7.